The zero-order valence-electron chi connectivity index (χ0n) is 16.2. The van der Waals surface area contributed by atoms with Gasteiger partial charge in [-0.25, -0.2) is 8.96 Å². The van der Waals surface area contributed by atoms with Crippen molar-refractivity contribution in [3.05, 3.63) is 55.1 Å². The number of alkyl halides is 1. The van der Waals surface area contributed by atoms with Crippen LogP contribution in [0.2, 0.25) is 10.0 Å². The maximum atomic E-state index is 15.4. The van der Waals surface area contributed by atoms with E-state index in [1.807, 2.05) is 0 Å². The van der Waals surface area contributed by atoms with Gasteiger partial charge in [-0.05, 0) is 30.4 Å². The van der Waals surface area contributed by atoms with Crippen LogP contribution in [-0.4, -0.2) is 44.4 Å². The third kappa shape index (κ3) is 4.32. The molecule has 0 amide bonds. The summed E-state index contributed by atoms with van der Waals surface area (Å²) in [7, 11) is -4.35. The predicted octanol–water partition coefficient (Wildman–Crippen LogP) is 2.86. The predicted molar refractivity (Wildman–Crippen MR) is 107 cm³/mol. The van der Waals surface area contributed by atoms with Gasteiger partial charge in [0.1, 0.15) is 29.6 Å². The molecule has 31 heavy (non-hydrogen) atoms. The number of hydrogen-bond acceptors (Lipinski definition) is 9. The highest BCUT2D eigenvalue weighted by molar-refractivity contribution is 7.71. The first-order chi connectivity index (χ1) is 14.9. The summed E-state index contributed by atoms with van der Waals surface area (Å²) < 4.78 is 57.0. The summed E-state index contributed by atoms with van der Waals surface area (Å²) in [6.45, 7) is -1.47. The molecule has 1 fully saturated rings. The molecule has 0 saturated carbocycles. The van der Waals surface area contributed by atoms with Gasteiger partial charge in [0.05, 0.1) is 7.98 Å². The Morgan fingerprint density at radius 1 is 1.48 bits per heavy atom. The van der Waals surface area contributed by atoms with Crippen molar-refractivity contribution in [2.24, 2.45) is 0 Å². The summed E-state index contributed by atoms with van der Waals surface area (Å²) in [4.78, 5) is 13.7. The van der Waals surface area contributed by atoms with Gasteiger partial charge in [0.25, 0.3) is 11.4 Å². The van der Waals surface area contributed by atoms with Crippen molar-refractivity contribution in [3.63, 3.8) is 0 Å². The second-order valence-corrected chi connectivity index (χ2v) is 9.38. The van der Waals surface area contributed by atoms with Crippen LogP contribution in [0.15, 0.2) is 29.2 Å². The van der Waals surface area contributed by atoms with Crippen LogP contribution in [0.25, 0.3) is 0 Å². The van der Waals surface area contributed by atoms with Crippen LogP contribution in [0.5, 0.6) is 5.75 Å². The van der Waals surface area contributed by atoms with Crippen molar-refractivity contribution in [1.82, 2.24) is 9.55 Å². The Hall–Kier alpha value is -1.34. The van der Waals surface area contributed by atoms with E-state index in [1.54, 1.807) is 0 Å². The van der Waals surface area contributed by atoms with Gasteiger partial charge >= 0.3 is 7.82 Å². The van der Waals surface area contributed by atoms with Crippen LogP contribution < -0.4 is 10.1 Å². The van der Waals surface area contributed by atoms with E-state index in [0.717, 1.165) is 6.20 Å². The van der Waals surface area contributed by atoms with Gasteiger partial charge in [-0.3, -0.25) is 23.4 Å². The zero-order chi connectivity index (χ0) is 23.5. The monoisotopic (exact) mass is 515 g/mol. The lowest BCUT2D eigenvalue weighted by Gasteiger charge is -2.28. The molecule has 2 aliphatic rings. The van der Waals surface area contributed by atoms with E-state index >= 15 is 4.39 Å². The number of halogens is 3. The van der Waals surface area contributed by atoms with Crippen LogP contribution in [-0.2, 0) is 25.0 Å². The summed E-state index contributed by atoms with van der Waals surface area (Å²) in [6.07, 6.45) is -6.48. The largest absolute Gasteiger partial charge is 0.530 e. The van der Waals surface area contributed by atoms with Crippen LogP contribution in [0.4, 0.5) is 4.39 Å². The zero-order valence-corrected chi connectivity index (χ0v) is 18.4. The first-order valence-corrected chi connectivity index (χ1v) is 11.1. The van der Waals surface area contributed by atoms with Crippen LogP contribution >= 0.6 is 43.2 Å². The number of fused-ring (bicyclic) bond motifs is 1. The second-order valence-electron chi connectivity index (χ2n) is 6.56. The molecule has 1 saturated heterocycles. The molecule has 1 aromatic heterocycles. The number of ether oxygens (including phenoxy) is 1. The number of phosphoric acid groups is 1. The number of aliphatic hydroxyl groups excluding tert-OH is 2. The number of nitrogens with one attached hydrogen (secondary N) is 1. The minimum absolute atomic E-state index is 0.133. The minimum Gasteiger partial charge on any atom is -0.404 e. The Morgan fingerprint density at radius 3 is 2.97 bits per heavy atom. The number of aliphatic hydroxyl groups is 2. The van der Waals surface area contributed by atoms with Crippen LogP contribution in [0.1, 0.15) is 13.1 Å². The Kier molecular flexibility index (Phi) is 5.70. The number of aromatic amines is 1. The fraction of sp³-hybridized carbons (Fsp3) is 0.375. The van der Waals surface area contributed by atoms with Crippen LogP contribution in [0.3, 0.4) is 0 Å². The Balaban J connectivity index is 1.56. The minimum atomic E-state index is -4.35. The first kappa shape index (κ1) is 21.5. The maximum Gasteiger partial charge on any atom is 0.530 e. The second kappa shape index (κ2) is 8.22. The third-order valence-corrected chi connectivity index (χ3v) is 6.55. The molecule has 1 aromatic carbocycles. The Morgan fingerprint density at radius 2 is 2.23 bits per heavy atom. The molecule has 3 heterocycles. The number of aromatic nitrogens is 2. The average molecular weight is 516 g/mol. The molecule has 0 spiro atoms. The smallest absolute Gasteiger partial charge is 0.404 e. The lowest BCUT2D eigenvalue weighted by Crippen LogP contribution is -2.43. The number of phosphoric ester groups is 1. The molecule has 15 heteroatoms. The molecule has 2 aliphatic heterocycles. The third-order valence-electron chi connectivity index (χ3n) is 4.43. The van der Waals surface area contributed by atoms with E-state index in [4.69, 9.17) is 55.1 Å². The molecule has 0 radical (unpaired) electrons. The Bertz CT molecular complexity index is 1250. The van der Waals surface area contributed by atoms with E-state index in [1.165, 1.54) is 18.2 Å². The number of benzene rings is 1. The van der Waals surface area contributed by atoms with Gasteiger partial charge < -0.3 is 19.5 Å². The standard InChI is InChI=1S/C16H14Cl2FN2O8PS/c17-8-1-2-10-7(3-8)5-26-30(25,29-10)27-6-16(19)12(23)11(22)14(28-16)21-4-9(18)13(24)20-15(21)31/h1-4,11-12,14,22-23H,5-6H2,(H,20,24,31)/t11-,12+,14-,16-,30?/m1/s1/i14D. The molecular formula is C16H14Cl2FN2O8PS. The number of nitrogens with zero attached hydrogens (tertiary/aromatic N) is 1. The van der Waals surface area contributed by atoms with Gasteiger partial charge in [0, 0.05) is 16.8 Å². The topological polar surface area (TPSA) is 132 Å². The molecule has 0 aliphatic carbocycles. The van der Waals surface area contributed by atoms with E-state index in [2.05, 4.69) is 4.98 Å². The van der Waals surface area contributed by atoms with Crippen molar-refractivity contribution < 1.29 is 38.8 Å². The number of H-pyrrole nitrogens is 1. The van der Waals surface area contributed by atoms with Crippen molar-refractivity contribution in [2.75, 3.05) is 6.61 Å². The van der Waals surface area contributed by atoms with Gasteiger partial charge in [-0.15, -0.1) is 0 Å². The Labute approximate surface area is 190 Å². The fourth-order valence-electron chi connectivity index (χ4n) is 2.86. The SMILES string of the molecule is [2H][C@@]1(n2cc(Cl)c(=O)[nH]c2=S)O[C@](F)(COP2(=O)OCc3cc(Cl)ccc3O2)[C@@H](O)[C@H]1O. The maximum absolute atomic E-state index is 15.4. The lowest BCUT2D eigenvalue weighted by molar-refractivity contribution is -0.205. The normalized spacial score (nSPS) is 35.3. The highest BCUT2D eigenvalue weighted by atomic mass is 35.5. The molecule has 5 atom stereocenters. The van der Waals surface area contributed by atoms with Crippen molar-refractivity contribution >= 4 is 43.2 Å². The molecule has 10 nitrogen and oxygen atoms in total. The lowest BCUT2D eigenvalue weighted by atomic mass is 10.1. The highest BCUT2D eigenvalue weighted by Crippen LogP contribution is 2.56. The summed E-state index contributed by atoms with van der Waals surface area (Å²) in [6, 6.07) is 4.41. The van der Waals surface area contributed by atoms with Gasteiger partial charge in [0.2, 0.25) is 0 Å². The van der Waals surface area contributed by atoms with E-state index in [0.29, 0.717) is 15.2 Å². The van der Waals surface area contributed by atoms with Gasteiger partial charge in [0.15, 0.2) is 11.0 Å². The molecular weight excluding hydrogens is 501 g/mol. The molecule has 4 rings (SSSR count). The highest BCUT2D eigenvalue weighted by Gasteiger charge is 2.57. The number of hydrogen-bond donors (Lipinski definition) is 3. The quantitative estimate of drug-likeness (QED) is 0.415. The van der Waals surface area contributed by atoms with Crippen molar-refractivity contribution in [3.8, 4) is 5.75 Å². The molecule has 3 N–H and O–H groups in total. The average Bonchev–Trinajstić information content (AvgIpc) is 2.91. The number of rotatable bonds is 4. The summed E-state index contributed by atoms with van der Waals surface area (Å²) in [5.41, 5.74) is -0.310. The van der Waals surface area contributed by atoms with Crippen molar-refractivity contribution in [2.45, 2.75) is 30.9 Å². The summed E-state index contributed by atoms with van der Waals surface area (Å²) >= 11 is 16.5. The van der Waals surface area contributed by atoms with E-state index in [-0.39, 0.29) is 12.4 Å². The molecule has 0 bridgehead atoms. The fourth-order valence-corrected chi connectivity index (χ4v) is 4.66. The van der Waals surface area contributed by atoms with E-state index in [9.17, 15) is 19.6 Å². The van der Waals surface area contributed by atoms with Crippen molar-refractivity contribution in [1.29, 1.82) is 0 Å². The van der Waals surface area contributed by atoms with Crippen LogP contribution in [0, 0.1) is 4.77 Å². The summed E-state index contributed by atoms with van der Waals surface area (Å²) in [5, 5.41) is 20.5. The van der Waals surface area contributed by atoms with E-state index < -0.39 is 54.0 Å². The molecule has 168 valence electrons. The van der Waals surface area contributed by atoms with Gasteiger partial charge in [-0.2, -0.15) is 0 Å². The molecule has 2 aromatic rings. The van der Waals surface area contributed by atoms with Gasteiger partial charge in [-0.1, -0.05) is 23.2 Å². The summed E-state index contributed by atoms with van der Waals surface area (Å²) in [5.74, 6) is -3.11. The molecule has 1 unspecified atom stereocenters. The first-order valence-electron chi connectivity index (χ1n) is 9.01.